The molecule has 3 heteroatoms. The molecule has 168 valence electrons. The van der Waals surface area contributed by atoms with E-state index in [-0.39, 0.29) is 12.2 Å². The zero-order chi connectivity index (χ0) is 21.2. The number of rotatable bonds is 4. The third kappa shape index (κ3) is 3.72. The molecule has 0 amide bonds. The molecule has 0 radical (unpaired) electrons. The molecule has 0 bridgehead atoms. The Kier molecular flexibility index (Phi) is 5.70. The van der Waals surface area contributed by atoms with Gasteiger partial charge in [0.15, 0.2) is 0 Å². The number of hydrogen-bond acceptors (Lipinski definition) is 3. The molecule has 4 saturated carbocycles. The molecule has 4 aliphatic carbocycles. The van der Waals surface area contributed by atoms with Crippen LogP contribution in [0.3, 0.4) is 0 Å². The quantitative estimate of drug-likeness (QED) is 0.604. The molecule has 4 rings (SSSR count). The smallest absolute Gasteiger partial charge is 0.0591 e. The van der Waals surface area contributed by atoms with E-state index in [1.807, 2.05) is 13.8 Å². The minimum atomic E-state index is -0.570. The molecule has 10 unspecified atom stereocenters. The van der Waals surface area contributed by atoms with Crippen LogP contribution < -0.4 is 0 Å². The van der Waals surface area contributed by atoms with Gasteiger partial charge in [0.2, 0.25) is 0 Å². The van der Waals surface area contributed by atoms with Gasteiger partial charge < -0.3 is 15.3 Å². The lowest BCUT2D eigenvalue weighted by Gasteiger charge is -2.62. The van der Waals surface area contributed by atoms with Gasteiger partial charge >= 0.3 is 0 Å². The minimum Gasteiger partial charge on any atom is -0.393 e. The van der Waals surface area contributed by atoms with E-state index in [9.17, 15) is 15.3 Å². The summed E-state index contributed by atoms with van der Waals surface area (Å²) in [6.45, 7) is 11.3. The highest BCUT2D eigenvalue weighted by Gasteiger charge is 2.62. The van der Waals surface area contributed by atoms with E-state index in [0.717, 1.165) is 44.4 Å². The van der Waals surface area contributed by atoms with Crippen molar-refractivity contribution >= 4 is 0 Å². The average molecular weight is 407 g/mol. The van der Waals surface area contributed by atoms with Crippen LogP contribution in [-0.2, 0) is 0 Å². The van der Waals surface area contributed by atoms with Crippen LogP contribution in [0.5, 0.6) is 0 Å². The van der Waals surface area contributed by atoms with E-state index < -0.39 is 5.60 Å². The van der Waals surface area contributed by atoms with Crippen molar-refractivity contribution in [2.75, 3.05) is 0 Å². The van der Waals surface area contributed by atoms with Gasteiger partial charge in [-0.25, -0.2) is 0 Å². The van der Waals surface area contributed by atoms with Crippen molar-refractivity contribution in [2.24, 2.45) is 46.3 Å². The summed E-state index contributed by atoms with van der Waals surface area (Å²) in [5, 5.41) is 31.8. The maximum atomic E-state index is 11.3. The molecular weight excluding hydrogens is 360 g/mol. The Balaban J connectivity index is 1.53. The topological polar surface area (TPSA) is 60.7 Å². The molecule has 10 atom stereocenters. The van der Waals surface area contributed by atoms with Gasteiger partial charge in [0.05, 0.1) is 17.8 Å². The van der Waals surface area contributed by atoms with Crippen molar-refractivity contribution in [1.29, 1.82) is 0 Å². The normalized spacial score (nSPS) is 51.1. The van der Waals surface area contributed by atoms with Gasteiger partial charge in [0, 0.05) is 0 Å². The van der Waals surface area contributed by atoms with Gasteiger partial charge in [-0.3, -0.25) is 0 Å². The Hall–Kier alpha value is -0.120. The van der Waals surface area contributed by atoms with Crippen LogP contribution in [0, 0.1) is 46.3 Å². The van der Waals surface area contributed by atoms with Crippen LogP contribution in [0.4, 0.5) is 0 Å². The lowest BCUT2D eigenvalue weighted by Crippen LogP contribution is -2.58. The van der Waals surface area contributed by atoms with E-state index in [1.54, 1.807) is 0 Å². The Morgan fingerprint density at radius 2 is 1.59 bits per heavy atom. The lowest BCUT2D eigenvalue weighted by atomic mass is 9.43. The summed E-state index contributed by atoms with van der Waals surface area (Å²) >= 11 is 0. The van der Waals surface area contributed by atoms with Gasteiger partial charge in [-0.05, 0) is 124 Å². The summed E-state index contributed by atoms with van der Waals surface area (Å²) in [6, 6.07) is 0. The van der Waals surface area contributed by atoms with Gasteiger partial charge in [0.25, 0.3) is 0 Å². The summed E-state index contributed by atoms with van der Waals surface area (Å²) in [7, 11) is 0. The molecular formula is C26H46O3. The van der Waals surface area contributed by atoms with Crippen molar-refractivity contribution < 1.29 is 15.3 Å². The summed E-state index contributed by atoms with van der Waals surface area (Å²) < 4.78 is 0. The van der Waals surface area contributed by atoms with E-state index in [2.05, 4.69) is 20.8 Å². The highest BCUT2D eigenvalue weighted by Crippen LogP contribution is 2.68. The summed E-state index contributed by atoms with van der Waals surface area (Å²) in [4.78, 5) is 0. The van der Waals surface area contributed by atoms with Crippen molar-refractivity contribution in [1.82, 2.24) is 0 Å². The Labute approximate surface area is 178 Å². The second-order valence-corrected chi connectivity index (χ2v) is 12.8. The number of hydrogen-bond donors (Lipinski definition) is 3. The van der Waals surface area contributed by atoms with Crippen LogP contribution in [0.25, 0.3) is 0 Å². The maximum Gasteiger partial charge on any atom is 0.0591 e. The SMILES string of the molecule is CC(CCC(C)(C)O)C1CCC2C3C(O)CC4CC(O)CCC4(C)C3CCC12C. The largest absolute Gasteiger partial charge is 0.393 e. The molecule has 0 aromatic heterocycles. The first kappa shape index (κ1) is 22.1. The number of fused-ring (bicyclic) bond motifs is 5. The van der Waals surface area contributed by atoms with Crippen molar-refractivity contribution in [2.45, 2.75) is 117 Å². The zero-order valence-corrected chi connectivity index (χ0v) is 19.5. The van der Waals surface area contributed by atoms with Crippen molar-refractivity contribution in [3.8, 4) is 0 Å². The van der Waals surface area contributed by atoms with Crippen LogP contribution >= 0.6 is 0 Å². The molecule has 3 N–H and O–H groups in total. The Bertz CT molecular complexity index is 597. The number of aliphatic hydroxyl groups excluding tert-OH is 2. The average Bonchev–Trinajstić information content (AvgIpc) is 2.98. The molecule has 0 aromatic carbocycles. The Morgan fingerprint density at radius 3 is 2.28 bits per heavy atom. The zero-order valence-electron chi connectivity index (χ0n) is 19.5. The van der Waals surface area contributed by atoms with Gasteiger partial charge in [-0.2, -0.15) is 0 Å². The monoisotopic (exact) mass is 406 g/mol. The summed E-state index contributed by atoms with van der Waals surface area (Å²) in [5.41, 5.74) is 0.0904. The maximum absolute atomic E-state index is 11.3. The molecule has 0 aliphatic heterocycles. The molecule has 0 heterocycles. The molecule has 0 saturated heterocycles. The van der Waals surface area contributed by atoms with Crippen LogP contribution in [0.1, 0.15) is 98.8 Å². The highest BCUT2D eigenvalue weighted by molar-refractivity contribution is 5.11. The molecule has 0 aromatic rings. The van der Waals surface area contributed by atoms with Crippen molar-refractivity contribution in [3.05, 3.63) is 0 Å². The fraction of sp³-hybridized carbons (Fsp3) is 1.00. The summed E-state index contributed by atoms with van der Waals surface area (Å²) in [5.74, 6) is 3.60. The van der Waals surface area contributed by atoms with Crippen LogP contribution in [0.15, 0.2) is 0 Å². The molecule has 29 heavy (non-hydrogen) atoms. The third-order valence-corrected chi connectivity index (χ3v) is 10.6. The first-order valence-electron chi connectivity index (χ1n) is 12.5. The second-order valence-electron chi connectivity index (χ2n) is 12.8. The van der Waals surface area contributed by atoms with E-state index >= 15 is 0 Å². The van der Waals surface area contributed by atoms with Gasteiger partial charge in [0.1, 0.15) is 0 Å². The standard InChI is InChI=1S/C26H46O3/c1-16(8-11-24(2,3)29)19-6-7-20-23-21(10-13-26(19,20)5)25(4)12-9-18(27)14-17(25)15-22(23)28/h16-23,27-29H,6-15H2,1-5H3. The molecule has 3 nitrogen and oxygen atoms in total. The fourth-order valence-corrected chi connectivity index (χ4v) is 8.96. The lowest BCUT2D eigenvalue weighted by molar-refractivity contribution is -0.174. The van der Waals surface area contributed by atoms with E-state index in [0.29, 0.717) is 40.4 Å². The van der Waals surface area contributed by atoms with Crippen LogP contribution in [0.2, 0.25) is 0 Å². The molecule has 4 fully saturated rings. The third-order valence-electron chi connectivity index (χ3n) is 10.6. The van der Waals surface area contributed by atoms with E-state index in [1.165, 1.54) is 25.7 Å². The first-order valence-corrected chi connectivity index (χ1v) is 12.5. The Morgan fingerprint density at radius 1 is 0.931 bits per heavy atom. The van der Waals surface area contributed by atoms with Crippen LogP contribution in [-0.4, -0.2) is 33.1 Å². The van der Waals surface area contributed by atoms with Gasteiger partial charge in [-0.15, -0.1) is 0 Å². The molecule has 4 aliphatic rings. The van der Waals surface area contributed by atoms with Crippen molar-refractivity contribution in [3.63, 3.8) is 0 Å². The number of aliphatic hydroxyl groups is 3. The summed E-state index contributed by atoms with van der Waals surface area (Å²) in [6.07, 6.45) is 10.7. The fourth-order valence-electron chi connectivity index (χ4n) is 8.96. The van der Waals surface area contributed by atoms with Gasteiger partial charge in [-0.1, -0.05) is 20.8 Å². The first-order chi connectivity index (χ1) is 13.5. The predicted molar refractivity (Wildman–Crippen MR) is 117 cm³/mol. The molecule has 0 spiro atoms. The predicted octanol–water partition coefficient (Wildman–Crippen LogP) is 5.16. The highest BCUT2D eigenvalue weighted by atomic mass is 16.3. The minimum absolute atomic E-state index is 0.154. The van der Waals surface area contributed by atoms with E-state index in [4.69, 9.17) is 0 Å². The second kappa shape index (κ2) is 7.48.